The van der Waals surface area contributed by atoms with Crippen molar-refractivity contribution in [2.45, 2.75) is 0 Å². The van der Waals surface area contributed by atoms with Gasteiger partial charge in [-0.05, 0) is 0 Å². The molecule has 0 aliphatic heterocycles. The third-order valence-electron chi connectivity index (χ3n) is 0. The van der Waals surface area contributed by atoms with Gasteiger partial charge in [-0.15, -0.1) is 44.3 Å². The largest absolute Gasteiger partial charge is 0.450 e. The van der Waals surface area contributed by atoms with Gasteiger partial charge >= 0.3 is 10.3 Å². The molecule has 0 amide bonds. The molecular weight excluding hydrogens is 287 g/mol. The summed E-state index contributed by atoms with van der Waals surface area (Å²) in [6.45, 7) is 0. The molecule has 0 rings (SSSR count). The van der Waals surface area contributed by atoms with E-state index in [1.54, 1.807) is 0 Å². The lowest BCUT2D eigenvalue weighted by Crippen LogP contribution is -1.91. The zero-order valence-corrected chi connectivity index (χ0v) is 10.0. The highest BCUT2D eigenvalue weighted by molar-refractivity contribution is 7.81. The smallest absolute Gasteiger partial charge is 0.150 e. The molecule has 0 aliphatic carbocycles. The minimum atomic E-state index is -2.72. The molecule has 0 nitrogen and oxygen atoms in total. The molecule has 9 heavy (non-hydrogen) atoms. The van der Waals surface area contributed by atoms with Crippen LogP contribution in [0.3, 0.4) is 0 Å². The van der Waals surface area contributed by atoms with E-state index in [1.165, 1.54) is 0 Å². The van der Waals surface area contributed by atoms with Crippen molar-refractivity contribution in [2.75, 3.05) is 0 Å². The van der Waals surface area contributed by atoms with Crippen molar-refractivity contribution in [3.05, 3.63) is 0 Å². The third kappa shape index (κ3) is 133. The van der Waals surface area contributed by atoms with Crippen LogP contribution in [-0.4, -0.2) is 10.3 Å². The van der Waals surface area contributed by atoms with Gasteiger partial charge in [-0.1, -0.05) is 0 Å². The van der Waals surface area contributed by atoms with Crippen LogP contribution in [0.5, 0.6) is 0 Å². The van der Waals surface area contributed by atoms with Crippen molar-refractivity contribution < 1.29 is 0 Å². The summed E-state index contributed by atoms with van der Waals surface area (Å²) in [5, 5.41) is -2.72. The number of rotatable bonds is 0. The van der Waals surface area contributed by atoms with E-state index < -0.39 is 10.3 Å². The molecule has 0 aromatic heterocycles. The molecule has 0 aliphatic rings. The molecule has 0 heterocycles. The molecule has 0 saturated carbocycles. The van der Waals surface area contributed by atoms with Gasteiger partial charge in [-0.3, -0.25) is 0 Å². The summed E-state index contributed by atoms with van der Waals surface area (Å²) >= 11 is 34.3. The highest BCUT2D eigenvalue weighted by atomic mass is 36.0. The van der Waals surface area contributed by atoms with E-state index in [1.807, 2.05) is 0 Å². The first-order valence-electron chi connectivity index (χ1n) is 1.41. The van der Waals surface area contributed by atoms with Crippen molar-refractivity contribution >= 4 is 89.0 Å². The lowest BCUT2D eigenvalue weighted by molar-refractivity contribution is 3.80. The summed E-state index contributed by atoms with van der Waals surface area (Å²) in [5.41, 5.74) is 0. The zero-order chi connectivity index (χ0) is 8.08. The van der Waals surface area contributed by atoms with Crippen LogP contribution in [-0.2, 0) is 0 Å². The maximum Gasteiger partial charge on any atom is 0.450 e. The summed E-state index contributed by atoms with van der Waals surface area (Å²) in [4.78, 5) is -0.750. The fourth-order valence-electron chi connectivity index (χ4n) is 0. The topological polar surface area (TPSA) is 0 Å². The summed E-state index contributed by atoms with van der Waals surface area (Å²) < 4.78 is 0. The van der Waals surface area contributed by atoms with Crippen LogP contribution in [0.1, 0.15) is 0 Å². The fraction of sp³-hybridized carbons (Fsp3) is 0. The number of hydrogen-bond acceptors (Lipinski definition) is 0. The number of hydrogen-bond donors (Lipinski definition) is 0. The van der Waals surface area contributed by atoms with Crippen molar-refractivity contribution in [1.82, 2.24) is 0 Å². The monoisotopic (exact) mass is 284 g/mol. The molecule has 0 fully saturated rings. The van der Waals surface area contributed by atoms with E-state index in [-0.39, 0.29) is 0 Å². The van der Waals surface area contributed by atoms with E-state index in [2.05, 4.69) is 0 Å². The highest BCUT2D eigenvalue weighted by Crippen LogP contribution is 2.23. The van der Waals surface area contributed by atoms with Crippen molar-refractivity contribution in [3.63, 3.8) is 0 Å². The fourth-order valence-corrected chi connectivity index (χ4v) is 0. The first-order chi connectivity index (χ1) is 3.73. The summed E-state index contributed by atoms with van der Waals surface area (Å²) in [6.07, 6.45) is 0. The summed E-state index contributed by atoms with van der Waals surface area (Å²) in [5.74, 6) is 0. The lowest BCUT2D eigenvalue weighted by Gasteiger charge is -1.85. The second kappa shape index (κ2) is 6.99. The zero-order valence-electron chi connectivity index (χ0n) is 3.72. The molecule has 0 N–H and O–H groups in total. The quantitative estimate of drug-likeness (QED) is 0.465. The van der Waals surface area contributed by atoms with E-state index in [0.29, 0.717) is 0 Å². The maximum absolute atomic E-state index is 4.97. The summed E-state index contributed by atoms with van der Waals surface area (Å²) in [6, 6.07) is 0. The van der Waals surface area contributed by atoms with Crippen LogP contribution < -0.4 is 0 Å². The Balaban J connectivity index is 0. The van der Waals surface area contributed by atoms with Gasteiger partial charge in [0.05, 0.1) is 0 Å². The Morgan fingerprint density at radius 2 is 0.778 bits per heavy atom. The third-order valence-corrected chi connectivity index (χ3v) is 0. The van der Waals surface area contributed by atoms with Gasteiger partial charge in [0, 0.05) is 0 Å². The first kappa shape index (κ1) is 13.9. The molecule has 0 radical (unpaired) electrons. The lowest BCUT2D eigenvalue weighted by atomic mass is 10.7. The second-order valence-electron chi connectivity index (χ2n) is 0.676. The molecule has 0 unspecified atom stereocenters. The van der Waals surface area contributed by atoms with Crippen LogP contribution >= 0.6 is 78.7 Å². The SMILES string of the molecule is ClB(Cl)Cl.Cl[Si](Cl)(Cl)Cl. The Kier molecular flexibility index (Phi) is 10.8. The van der Waals surface area contributed by atoms with E-state index in [4.69, 9.17) is 78.7 Å². The van der Waals surface area contributed by atoms with Crippen LogP contribution in [0.4, 0.5) is 0 Å². The van der Waals surface area contributed by atoms with Crippen molar-refractivity contribution in [1.29, 1.82) is 0 Å². The molecule has 0 bridgehead atoms. The Labute approximate surface area is 88.3 Å². The molecule has 0 saturated heterocycles. The van der Waals surface area contributed by atoms with Crippen LogP contribution in [0.2, 0.25) is 0 Å². The van der Waals surface area contributed by atoms with E-state index >= 15 is 0 Å². The summed E-state index contributed by atoms with van der Waals surface area (Å²) in [7, 11) is 0. The highest BCUT2D eigenvalue weighted by Gasteiger charge is 2.19. The predicted molar refractivity (Wildman–Crippen MR) is 52.5 cm³/mol. The molecule has 0 spiro atoms. The molecular formula is BCl7Si. The van der Waals surface area contributed by atoms with Gasteiger partial charge in [0.15, 0.2) is 0 Å². The van der Waals surface area contributed by atoms with Crippen molar-refractivity contribution in [3.8, 4) is 0 Å². The molecule has 56 valence electrons. The van der Waals surface area contributed by atoms with Crippen LogP contribution in [0, 0.1) is 0 Å². The normalized spacial score (nSPS) is 9.67. The Morgan fingerprint density at radius 1 is 0.778 bits per heavy atom. The first-order valence-corrected chi connectivity index (χ1v) is 8.77. The van der Waals surface area contributed by atoms with Crippen LogP contribution in [0.25, 0.3) is 0 Å². The van der Waals surface area contributed by atoms with Crippen molar-refractivity contribution in [2.24, 2.45) is 0 Å². The van der Waals surface area contributed by atoms with E-state index in [0.717, 1.165) is 0 Å². The van der Waals surface area contributed by atoms with Crippen LogP contribution in [0.15, 0.2) is 0 Å². The van der Waals surface area contributed by atoms with Gasteiger partial charge in [0.1, 0.15) is 0 Å². The predicted octanol–water partition coefficient (Wildman–Crippen LogP) is 4.06. The molecule has 0 aromatic carbocycles. The Hall–Kier alpha value is 2.31. The van der Waals surface area contributed by atoms with Gasteiger partial charge in [-0.2, -0.15) is 34.4 Å². The van der Waals surface area contributed by atoms with E-state index in [9.17, 15) is 0 Å². The minimum absolute atomic E-state index is 0.750. The Bertz CT molecular complexity index is 45.7. The second-order valence-corrected chi connectivity index (χ2v) is 13.8. The molecule has 0 aromatic rings. The molecule has 0 atom stereocenters. The van der Waals surface area contributed by atoms with Gasteiger partial charge in [-0.25, -0.2) is 0 Å². The van der Waals surface area contributed by atoms with Gasteiger partial charge in [0.25, 0.3) is 0 Å². The van der Waals surface area contributed by atoms with Gasteiger partial charge < -0.3 is 0 Å². The standard InChI is InChI=1S/BCl3.Cl4Si/c2-1(3)4;1-5(2,3)4. The average Bonchev–Trinajstić information content (AvgIpc) is 1.19. The minimum Gasteiger partial charge on any atom is -0.150 e. The van der Waals surface area contributed by atoms with Gasteiger partial charge in [0.2, 0.25) is 0 Å². The molecule has 9 heteroatoms. The maximum atomic E-state index is 4.97. The average molecular weight is 287 g/mol. The Morgan fingerprint density at radius 3 is 0.778 bits per heavy atom. The number of halogens is 7.